The monoisotopic (exact) mass is 162 g/mol. The highest BCUT2D eigenvalue weighted by Crippen LogP contribution is 1.97. The van der Waals surface area contributed by atoms with Gasteiger partial charge in [0.2, 0.25) is 0 Å². The van der Waals surface area contributed by atoms with Crippen molar-refractivity contribution in [3.63, 3.8) is 0 Å². The van der Waals surface area contributed by atoms with Gasteiger partial charge in [-0.1, -0.05) is 0 Å². The average molecular weight is 162 g/mol. The van der Waals surface area contributed by atoms with Crippen LogP contribution in [0.3, 0.4) is 0 Å². The normalized spacial score (nSPS) is 15.9. The lowest BCUT2D eigenvalue weighted by Gasteiger charge is -2.14. The molecular formula is C7H14O4. The SMILES string of the molecule is COCC(C)O[C@@H](C)C(=O)O. The standard InChI is InChI=1S/C7H14O4/c1-5(4-10-3)11-6(2)7(8)9/h5-6H,4H2,1-3H3,(H,8,9)/t5?,6-/m0/s1. The molecule has 66 valence electrons. The quantitative estimate of drug-likeness (QED) is 0.640. The molecule has 4 nitrogen and oxygen atoms in total. The Morgan fingerprint density at radius 3 is 2.45 bits per heavy atom. The van der Waals surface area contributed by atoms with Crippen molar-refractivity contribution < 1.29 is 19.4 Å². The highest BCUT2D eigenvalue weighted by molar-refractivity contribution is 5.71. The Morgan fingerprint density at radius 2 is 2.09 bits per heavy atom. The van der Waals surface area contributed by atoms with Gasteiger partial charge in [0.25, 0.3) is 0 Å². The van der Waals surface area contributed by atoms with Crippen molar-refractivity contribution in [1.29, 1.82) is 0 Å². The Balaban J connectivity index is 3.56. The van der Waals surface area contributed by atoms with Gasteiger partial charge < -0.3 is 14.6 Å². The molecule has 0 bridgehead atoms. The molecule has 0 saturated heterocycles. The van der Waals surface area contributed by atoms with E-state index in [0.29, 0.717) is 6.61 Å². The lowest BCUT2D eigenvalue weighted by atomic mass is 10.4. The van der Waals surface area contributed by atoms with Gasteiger partial charge in [-0.15, -0.1) is 0 Å². The van der Waals surface area contributed by atoms with Gasteiger partial charge in [-0.2, -0.15) is 0 Å². The highest BCUT2D eigenvalue weighted by Gasteiger charge is 2.14. The van der Waals surface area contributed by atoms with E-state index in [2.05, 4.69) is 0 Å². The molecule has 1 N–H and O–H groups in total. The zero-order valence-electron chi connectivity index (χ0n) is 7.03. The lowest BCUT2D eigenvalue weighted by Crippen LogP contribution is -2.27. The van der Waals surface area contributed by atoms with Crippen LogP contribution in [0.1, 0.15) is 13.8 Å². The van der Waals surface area contributed by atoms with Crippen molar-refractivity contribution in [3.8, 4) is 0 Å². The van der Waals surface area contributed by atoms with E-state index in [4.69, 9.17) is 14.6 Å². The molecule has 4 heteroatoms. The first-order valence-electron chi connectivity index (χ1n) is 3.45. The van der Waals surface area contributed by atoms with Crippen molar-refractivity contribution >= 4 is 5.97 Å². The molecule has 0 fully saturated rings. The molecule has 0 aliphatic carbocycles. The molecule has 0 aromatic carbocycles. The molecule has 0 rings (SSSR count). The first-order valence-corrected chi connectivity index (χ1v) is 3.45. The molecule has 0 radical (unpaired) electrons. The third-order valence-electron chi connectivity index (χ3n) is 1.19. The van der Waals surface area contributed by atoms with Gasteiger partial charge in [0.05, 0.1) is 12.7 Å². The smallest absolute Gasteiger partial charge is 0.332 e. The van der Waals surface area contributed by atoms with Crippen molar-refractivity contribution in [2.75, 3.05) is 13.7 Å². The van der Waals surface area contributed by atoms with Gasteiger partial charge in [-0.25, -0.2) is 4.79 Å². The second-order valence-corrected chi connectivity index (χ2v) is 2.38. The van der Waals surface area contributed by atoms with Crippen LogP contribution in [0, 0.1) is 0 Å². The van der Waals surface area contributed by atoms with E-state index in [1.165, 1.54) is 6.92 Å². The fourth-order valence-electron chi connectivity index (χ4n) is 0.681. The molecule has 0 aliphatic rings. The first kappa shape index (κ1) is 10.4. The number of carbonyl (C=O) groups is 1. The molecule has 0 saturated carbocycles. The van der Waals surface area contributed by atoms with Gasteiger partial charge in [-0.05, 0) is 13.8 Å². The number of carboxylic acid groups (broad SMARTS) is 1. The number of methoxy groups -OCH3 is 1. The second kappa shape index (κ2) is 5.09. The van der Waals surface area contributed by atoms with E-state index in [9.17, 15) is 4.79 Å². The molecule has 1 unspecified atom stereocenters. The molecule has 0 aliphatic heterocycles. The summed E-state index contributed by atoms with van der Waals surface area (Å²) in [4.78, 5) is 10.3. The maximum absolute atomic E-state index is 10.3. The summed E-state index contributed by atoms with van der Waals surface area (Å²) in [5.74, 6) is -0.951. The second-order valence-electron chi connectivity index (χ2n) is 2.38. The number of ether oxygens (including phenoxy) is 2. The summed E-state index contributed by atoms with van der Waals surface area (Å²) in [6, 6.07) is 0. The summed E-state index contributed by atoms with van der Waals surface area (Å²) in [6.07, 6.45) is -0.939. The predicted molar refractivity (Wildman–Crippen MR) is 39.5 cm³/mol. The summed E-state index contributed by atoms with van der Waals surface area (Å²) in [5, 5.41) is 8.43. The molecular weight excluding hydrogens is 148 g/mol. The van der Waals surface area contributed by atoms with Gasteiger partial charge in [0.1, 0.15) is 0 Å². The number of hydrogen-bond donors (Lipinski definition) is 1. The molecule has 0 heterocycles. The summed E-state index contributed by atoms with van der Waals surface area (Å²) < 4.78 is 9.79. The third-order valence-corrected chi connectivity index (χ3v) is 1.19. The van der Waals surface area contributed by atoms with Gasteiger partial charge >= 0.3 is 5.97 Å². The Kier molecular flexibility index (Phi) is 4.81. The highest BCUT2D eigenvalue weighted by atomic mass is 16.5. The molecule has 0 spiro atoms. The van der Waals surface area contributed by atoms with Crippen molar-refractivity contribution in [3.05, 3.63) is 0 Å². The Labute approximate surface area is 66.1 Å². The van der Waals surface area contributed by atoms with Crippen LogP contribution in [0.25, 0.3) is 0 Å². The minimum Gasteiger partial charge on any atom is -0.479 e. The predicted octanol–water partition coefficient (Wildman–Crippen LogP) is 0.511. The van der Waals surface area contributed by atoms with Crippen molar-refractivity contribution in [2.24, 2.45) is 0 Å². The molecule has 0 aromatic rings. The van der Waals surface area contributed by atoms with E-state index in [1.807, 2.05) is 0 Å². The molecule has 0 aromatic heterocycles. The van der Waals surface area contributed by atoms with E-state index in [0.717, 1.165) is 0 Å². The van der Waals surface area contributed by atoms with Crippen LogP contribution in [0.5, 0.6) is 0 Å². The van der Waals surface area contributed by atoms with Crippen LogP contribution in [-0.2, 0) is 14.3 Å². The zero-order valence-corrected chi connectivity index (χ0v) is 7.03. The zero-order chi connectivity index (χ0) is 8.85. The van der Waals surface area contributed by atoms with Crippen molar-refractivity contribution in [1.82, 2.24) is 0 Å². The molecule has 2 atom stereocenters. The average Bonchev–Trinajstić information content (AvgIpc) is 1.87. The van der Waals surface area contributed by atoms with Gasteiger partial charge in [-0.3, -0.25) is 0 Å². The van der Waals surface area contributed by atoms with E-state index >= 15 is 0 Å². The maximum Gasteiger partial charge on any atom is 0.332 e. The van der Waals surface area contributed by atoms with Crippen molar-refractivity contribution in [2.45, 2.75) is 26.1 Å². The van der Waals surface area contributed by atoms with Crippen LogP contribution in [0.2, 0.25) is 0 Å². The lowest BCUT2D eigenvalue weighted by molar-refractivity contribution is -0.153. The Morgan fingerprint density at radius 1 is 1.55 bits per heavy atom. The topological polar surface area (TPSA) is 55.8 Å². The molecule has 0 amide bonds. The van der Waals surface area contributed by atoms with Crippen LogP contribution in [0.15, 0.2) is 0 Å². The fourth-order valence-corrected chi connectivity index (χ4v) is 0.681. The Hall–Kier alpha value is -0.610. The molecule has 11 heavy (non-hydrogen) atoms. The van der Waals surface area contributed by atoms with Crippen LogP contribution in [-0.4, -0.2) is 37.0 Å². The van der Waals surface area contributed by atoms with Gasteiger partial charge in [0, 0.05) is 7.11 Å². The number of aliphatic carboxylic acids is 1. The van der Waals surface area contributed by atoms with E-state index in [-0.39, 0.29) is 6.10 Å². The Bertz CT molecular complexity index is 124. The summed E-state index contributed by atoms with van der Waals surface area (Å²) in [5.41, 5.74) is 0. The van der Waals surface area contributed by atoms with E-state index < -0.39 is 12.1 Å². The summed E-state index contributed by atoms with van der Waals surface area (Å²) in [7, 11) is 1.55. The van der Waals surface area contributed by atoms with Gasteiger partial charge in [0.15, 0.2) is 6.10 Å². The largest absolute Gasteiger partial charge is 0.479 e. The minimum absolute atomic E-state index is 0.175. The van der Waals surface area contributed by atoms with Crippen LogP contribution < -0.4 is 0 Å². The first-order chi connectivity index (χ1) is 5.07. The number of rotatable bonds is 5. The summed E-state index contributed by atoms with van der Waals surface area (Å²) >= 11 is 0. The van der Waals surface area contributed by atoms with E-state index in [1.54, 1.807) is 14.0 Å². The van der Waals surface area contributed by atoms with Crippen LogP contribution >= 0.6 is 0 Å². The fraction of sp³-hybridized carbons (Fsp3) is 0.857. The van der Waals surface area contributed by atoms with Crippen LogP contribution in [0.4, 0.5) is 0 Å². The third kappa shape index (κ3) is 4.75. The maximum atomic E-state index is 10.3. The minimum atomic E-state index is -0.951. The number of hydrogen-bond acceptors (Lipinski definition) is 3. The number of carboxylic acids is 1. The summed E-state index contributed by atoms with van der Waals surface area (Å²) in [6.45, 7) is 3.68.